The molecule has 7 nitrogen and oxygen atoms in total. The van der Waals surface area contributed by atoms with Crippen molar-refractivity contribution in [1.82, 2.24) is 9.97 Å². The number of benzene rings is 2. The molecule has 32 heavy (non-hydrogen) atoms. The normalized spacial score (nSPS) is 10.8. The number of methoxy groups -OCH3 is 1. The molecule has 2 N–H and O–H groups in total. The van der Waals surface area contributed by atoms with Gasteiger partial charge in [0.15, 0.2) is 5.16 Å². The number of aromatic amines is 1. The molecule has 2 aromatic carbocycles. The number of carbonyl (C=O) groups excluding carboxylic acids is 2. The number of H-pyrrole nitrogens is 1. The first kappa shape index (κ1) is 21.8. The van der Waals surface area contributed by atoms with E-state index in [-0.39, 0.29) is 22.8 Å². The lowest BCUT2D eigenvalue weighted by Gasteiger charge is -2.09. The summed E-state index contributed by atoms with van der Waals surface area (Å²) < 4.78 is 4.74. The van der Waals surface area contributed by atoms with Crippen LogP contribution in [0.3, 0.4) is 0 Å². The van der Waals surface area contributed by atoms with Gasteiger partial charge in [-0.05, 0) is 24.6 Å². The van der Waals surface area contributed by atoms with Gasteiger partial charge in [0.05, 0.1) is 29.5 Å². The fourth-order valence-electron chi connectivity index (χ4n) is 3.14. The van der Waals surface area contributed by atoms with Gasteiger partial charge >= 0.3 is 5.97 Å². The highest BCUT2D eigenvalue weighted by Gasteiger charge is 2.16. The fraction of sp³-hybridized carbons (Fsp3) is 0.130. The Hall–Kier alpha value is -3.43. The first-order chi connectivity index (χ1) is 15.5. The molecule has 0 aliphatic rings. The van der Waals surface area contributed by atoms with Gasteiger partial charge in [-0.15, -0.1) is 11.3 Å². The number of para-hydroxylation sites is 1. The van der Waals surface area contributed by atoms with Crippen LogP contribution in [-0.4, -0.2) is 34.7 Å². The van der Waals surface area contributed by atoms with Crippen LogP contribution in [0.1, 0.15) is 15.9 Å². The zero-order valence-electron chi connectivity index (χ0n) is 17.3. The van der Waals surface area contributed by atoms with E-state index in [0.717, 1.165) is 28.5 Å². The number of nitrogens with one attached hydrogen (secondary N) is 2. The van der Waals surface area contributed by atoms with Gasteiger partial charge in [0, 0.05) is 10.9 Å². The number of aromatic nitrogens is 2. The molecule has 9 heteroatoms. The Morgan fingerprint density at radius 1 is 1.16 bits per heavy atom. The van der Waals surface area contributed by atoms with Gasteiger partial charge in [-0.3, -0.25) is 9.59 Å². The van der Waals surface area contributed by atoms with Crippen LogP contribution in [0.25, 0.3) is 21.3 Å². The summed E-state index contributed by atoms with van der Waals surface area (Å²) in [5.74, 6) is -0.854. The molecule has 4 rings (SSSR count). The van der Waals surface area contributed by atoms with Gasteiger partial charge in [-0.25, -0.2) is 9.78 Å². The van der Waals surface area contributed by atoms with Gasteiger partial charge in [0.25, 0.3) is 5.56 Å². The van der Waals surface area contributed by atoms with Crippen molar-refractivity contribution in [3.05, 3.63) is 75.4 Å². The number of thiophene rings is 1. The molecule has 4 aromatic rings. The third-order valence-electron chi connectivity index (χ3n) is 4.73. The van der Waals surface area contributed by atoms with Crippen molar-refractivity contribution in [3.8, 4) is 11.1 Å². The Bertz CT molecular complexity index is 1360. The van der Waals surface area contributed by atoms with Crippen LogP contribution in [0.2, 0.25) is 0 Å². The average Bonchev–Trinajstić information content (AvgIpc) is 3.23. The summed E-state index contributed by atoms with van der Waals surface area (Å²) in [4.78, 5) is 44.9. The maximum absolute atomic E-state index is 12.8. The zero-order chi connectivity index (χ0) is 22.7. The number of nitrogens with zero attached hydrogens (tertiary/aromatic N) is 1. The Morgan fingerprint density at radius 3 is 2.66 bits per heavy atom. The van der Waals surface area contributed by atoms with Crippen molar-refractivity contribution in [1.29, 1.82) is 0 Å². The minimum absolute atomic E-state index is 0.0140. The van der Waals surface area contributed by atoms with Gasteiger partial charge in [0.2, 0.25) is 5.91 Å². The van der Waals surface area contributed by atoms with E-state index in [2.05, 4.69) is 15.3 Å². The number of hydrogen-bond donors (Lipinski definition) is 2. The topological polar surface area (TPSA) is 101 Å². The van der Waals surface area contributed by atoms with E-state index in [1.165, 1.54) is 18.4 Å². The molecule has 2 aromatic heterocycles. The van der Waals surface area contributed by atoms with Gasteiger partial charge in [-0.1, -0.05) is 53.7 Å². The van der Waals surface area contributed by atoms with E-state index in [1.54, 1.807) is 24.3 Å². The van der Waals surface area contributed by atoms with Crippen molar-refractivity contribution >= 4 is 50.9 Å². The SMILES string of the molecule is COC(=O)c1ccccc1NC(=O)CSc1nc2scc(-c3ccc(C)cc3)c2c(=O)[nH]1. The summed E-state index contributed by atoms with van der Waals surface area (Å²) in [6.45, 7) is 2.01. The fourth-order valence-corrected chi connectivity index (χ4v) is 4.81. The average molecular weight is 466 g/mol. The number of rotatable bonds is 6. The summed E-state index contributed by atoms with van der Waals surface area (Å²) in [7, 11) is 1.28. The van der Waals surface area contributed by atoms with Crippen LogP contribution in [0.15, 0.2) is 63.9 Å². The molecule has 0 aliphatic carbocycles. The lowest BCUT2D eigenvalue weighted by atomic mass is 10.1. The summed E-state index contributed by atoms with van der Waals surface area (Å²) >= 11 is 2.51. The molecular formula is C23H19N3O4S2. The Morgan fingerprint density at radius 2 is 1.91 bits per heavy atom. The zero-order valence-corrected chi connectivity index (χ0v) is 18.9. The summed E-state index contributed by atoms with van der Waals surface area (Å²) in [5, 5.41) is 5.52. The first-order valence-electron chi connectivity index (χ1n) is 9.65. The van der Waals surface area contributed by atoms with Crippen molar-refractivity contribution in [2.75, 3.05) is 18.2 Å². The summed E-state index contributed by atoms with van der Waals surface area (Å²) in [5.41, 5.74) is 3.33. The maximum atomic E-state index is 12.8. The summed E-state index contributed by atoms with van der Waals surface area (Å²) in [6.07, 6.45) is 0. The van der Waals surface area contributed by atoms with E-state index in [9.17, 15) is 14.4 Å². The minimum atomic E-state index is -0.535. The van der Waals surface area contributed by atoms with Crippen LogP contribution in [-0.2, 0) is 9.53 Å². The van der Waals surface area contributed by atoms with Crippen molar-refractivity contribution in [2.24, 2.45) is 0 Å². The molecule has 0 bridgehead atoms. The lowest BCUT2D eigenvalue weighted by molar-refractivity contribution is -0.113. The molecule has 0 radical (unpaired) electrons. The van der Waals surface area contributed by atoms with E-state index in [4.69, 9.17) is 4.74 Å². The number of aryl methyl sites for hydroxylation is 1. The van der Waals surface area contributed by atoms with Crippen LogP contribution in [0.5, 0.6) is 0 Å². The van der Waals surface area contributed by atoms with Crippen LogP contribution >= 0.6 is 23.1 Å². The standard InChI is InChI=1S/C23H19N3O4S2/c1-13-7-9-14(10-8-13)16-11-31-21-19(16)20(28)25-23(26-21)32-12-18(27)24-17-6-4-3-5-15(17)22(29)30-2/h3-11H,12H2,1-2H3,(H,24,27)(H,25,26,28). The molecule has 0 saturated heterocycles. The van der Waals surface area contributed by atoms with E-state index in [1.807, 2.05) is 36.6 Å². The van der Waals surface area contributed by atoms with Crippen molar-refractivity contribution in [2.45, 2.75) is 12.1 Å². The largest absolute Gasteiger partial charge is 0.465 e. The molecule has 0 fully saturated rings. The number of amides is 1. The maximum Gasteiger partial charge on any atom is 0.339 e. The smallest absolute Gasteiger partial charge is 0.339 e. The van der Waals surface area contributed by atoms with Crippen LogP contribution in [0, 0.1) is 6.92 Å². The molecular weight excluding hydrogens is 446 g/mol. The predicted octanol–water partition coefficient (Wildman–Crippen LogP) is 4.48. The molecule has 0 aliphatic heterocycles. The van der Waals surface area contributed by atoms with Gasteiger partial charge in [-0.2, -0.15) is 0 Å². The Kier molecular flexibility index (Phi) is 6.38. The van der Waals surface area contributed by atoms with Crippen LogP contribution < -0.4 is 10.9 Å². The van der Waals surface area contributed by atoms with Crippen molar-refractivity contribution < 1.29 is 14.3 Å². The lowest BCUT2D eigenvalue weighted by Crippen LogP contribution is -2.17. The van der Waals surface area contributed by atoms with Crippen LogP contribution in [0.4, 0.5) is 5.69 Å². The predicted molar refractivity (Wildman–Crippen MR) is 128 cm³/mol. The Balaban J connectivity index is 1.50. The number of thioether (sulfide) groups is 1. The highest BCUT2D eigenvalue weighted by molar-refractivity contribution is 7.99. The van der Waals surface area contributed by atoms with Crippen molar-refractivity contribution in [3.63, 3.8) is 0 Å². The molecule has 0 atom stereocenters. The van der Waals surface area contributed by atoms with E-state index < -0.39 is 5.97 Å². The molecule has 0 unspecified atom stereocenters. The summed E-state index contributed by atoms with van der Waals surface area (Å²) in [6, 6.07) is 14.6. The molecule has 2 heterocycles. The monoisotopic (exact) mass is 465 g/mol. The molecule has 0 spiro atoms. The first-order valence-corrected chi connectivity index (χ1v) is 11.5. The van der Waals surface area contributed by atoms with E-state index in [0.29, 0.717) is 21.1 Å². The minimum Gasteiger partial charge on any atom is -0.465 e. The number of carbonyl (C=O) groups is 2. The molecule has 0 saturated carbocycles. The third-order valence-corrected chi connectivity index (χ3v) is 6.48. The second kappa shape index (κ2) is 9.37. The second-order valence-electron chi connectivity index (χ2n) is 6.94. The highest BCUT2D eigenvalue weighted by atomic mass is 32.2. The van der Waals surface area contributed by atoms with E-state index >= 15 is 0 Å². The number of hydrogen-bond acceptors (Lipinski definition) is 7. The number of ether oxygens (including phenoxy) is 1. The quantitative estimate of drug-likeness (QED) is 0.247. The third kappa shape index (κ3) is 4.58. The Labute approximate surface area is 191 Å². The second-order valence-corrected chi connectivity index (χ2v) is 8.76. The van der Waals surface area contributed by atoms with Gasteiger partial charge < -0.3 is 15.0 Å². The molecule has 162 valence electrons. The van der Waals surface area contributed by atoms with Gasteiger partial charge in [0.1, 0.15) is 4.83 Å². The number of anilines is 1. The highest BCUT2D eigenvalue weighted by Crippen LogP contribution is 2.31. The number of fused-ring (bicyclic) bond motifs is 1. The molecule has 1 amide bonds. The number of esters is 1.